The van der Waals surface area contributed by atoms with E-state index < -0.39 is 14.6 Å². The number of anilines is 1. The van der Waals surface area contributed by atoms with Gasteiger partial charge in [0.15, 0.2) is 5.76 Å². The Morgan fingerprint density at radius 1 is 1.14 bits per heavy atom. The molecule has 184 valence electrons. The Balaban J connectivity index is 1.40. The van der Waals surface area contributed by atoms with Crippen LogP contribution in [0.4, 0.5) is 5.82 Å². The molecule has 3 aromatic heterocycles. The quantitative estimate of drug-likeness (QED) is 0.223. The van der Waals surface area contributed by atoms with Crippen LogP contribution in [0.1, 0.15) is 36.2 Å². The van der Waals surface area contributed by atoms with E-state index in [0.717, 1.165) is 24.2 Å². The number of aromatic nitrogens is 4. The molecule has 0 spiro atoms. The van der Waals surface area contributed by atoms with Crippen molar-refractivity contribution in [1.82, 2.24) is 14.9 Å². The van der Waals surface area contributed by atoms with E-state index >= 15 is 0 Å². The van der Waals surface area contributed by atoms with Crippen molar-refractivity contribution in [2.75, 3.05) is 5.73 Å². The molecule has 1 aromatic carbocycles. The van der Waals surface area contributed by atoms with Crippen LogP contribution in [-0.4, -0.2) is 24.7 Å². The van der Waals surface area contributed by atoms with Crippen LogP contribution in [0, 0.1) is 5.92 Å². The molecule has 11 heteroatoms. The first kappa shape index (κ1) is 24.8. The summed E-state index contributed by atoms with van der Waals surface area (Å²) in [5.41, 5.74) is 10.9. The third kappa shape index (κ3) is 6.86. The summed E-state index contributed by atoms with van der Waals surface area (Å²) in [6.07, 6.45) is 6.99. The van der Waals surface area contributed by atoms with Gasteiger partial charge in [-0.3, -0.25) is 10.4 Å². The van der Waals surface area contributed by atoms with Crippen molar-refractivity contribution in [3.63, 3.8) is 0 Å². The van der Waals surface area contributed by atoms with Gasteiger partial charge in [0.2, 0.25) is 6.73 Å². The van der Waals surface area contributed by atoms with Gasteiger partial charge in [-0.05, 0) is 34.7 Å². The molecule has 0 aliphatic rings. The van der Waals surface area contributed by atoms with Gasteiger partial charge in [0.1, 0.15) is 5.56 Å². The number of nitrogens with zero attached hydrogens (tertiary/aromatic N) is 4. The van der Waals surface area contributed by atoms with Gasteiger partial charge in [-0.15, -0.1) is 0 Å². The summed E-state index contributed by atoms with van der Waals surface area (Å²) < 4.78 is 24.4. The van der Waals surface area contributed by atoms with Gasteiger partial charge in [-0.2, -0.15) is 5.10 Å². The van der Waals surface area contributed by atoms with Crippen LogP contribution in [0.15, 0.2) is 65.6 Å². The van der Waals surface area contributed by atoms with Crippen LogP contribution in [-0.2, 0) is 35.2 Å². The Labute approximate surface area is 203 Å². The molecule has 0 aliphatic heterocycles. The highest BCUT2D eigenvalue weighted by molar-refractivity contribution is 7.46. The van der Waals surface area contributed by atoms with Gasteiger partial charge in [0.25, 0.3) is 5.82 Å². The summed E-state index contributed by atoms with van der Waals surface area (Å²) in [7, 11) is -4.62. The minimum Gasteiger partial charge on any atom is -0.356 e. The second kappa shape index (κ2) is 10.5. The lowest BCUT2D eigenvalue weighted by Gasteiger charge is -2.07. The molecule has 0 unspecified atom stereocenters. The second-order valence-electron chi connectivity index (χ2n) is 8.84. The van der Waals surface area contributed by atoms with Gasteiger partial charge in [0.05, 0.1) is 18.1 Å². The zero-order chi connectivity index (χ0) is 25.0. The Kier molecular flexibility index (Phi) is 7.47. The number of phosphoric acid groups is 1. The Morgan fingerprint density at radius 2 is 1.86 bits per heavy atom. The molecule has 0 atom stereocenters. The van der Waals surface area contributed by atoms with E-state index in [-0.39, 0.29) is 5.82 Å². The average Bonchev–Trinajstić information content (AvgIpc) is 3.43. The van der Waals surface area contributed by atoms with Gasteiger partial charge in [-0.1, -0.05) is 43.3 Å². The van der Waals surface area contributed by atoms with Crippen molar-refractivity contribution >= 4 is 13.6 Å². The number of rotatable bonds is 10. The Hall–Kier alpha value is -3.30. The molecule has 0 saturated heterocycles. The number of benzene rings is 1. The highest BCUT2D eigenvalue weighted by Crippen LogP contribution is 2.35. The van der Waals surface area contributed by atoms with Crippen LogP contribution in [0.5, 0.6) is 0 Å². The first-order chi connectivity index (χ1) is 16.7. The van der Waals surface area contributed by atoms with E-state index in [9.17, 15) is 4.57 Å². The lowest BCUT2D eigenvalue weighted by Crippen LogP contribution is -2.38. The second-order valence-corrected chi connectivity index (χ2v) is 10.1. The summed E-state index contributed by atoms with van der Waals surface area (Å²) in [6, 6.07) is 13.6. The summed E-state index contributed by atoms with van der Waals surface area (Å²) in [5, 5.41) is 8.59. The molecule has 0 radical (unpaired) electrons. The van der Waals surface area contributed by atoms with Gasteiger partial charge < -0.3 is 14.3 Å². The van der Waals surface area contributed by atoms with Crippen molar-refractivity contribution in [2.24, 2.45) is 5.92 Å². The zero-order valence-electron chi connectivity index (χ0n) is 19.6. The van der Waals surface area contributed by atoms with Gasteiger partial charge >= 0.3 is 7.82 Å². The molecule has 0 aliphatic carbocycles. The summed E-state index contributed by atoms with van der Waals surface area (Å²) in [6.45, 7) is 4.87. The maximum Gasteiger partial charge on any atom is 0.472 e. The first-order valence-electron chi connectivity index (χ1n) is 11.2. The predicted molar refractivity (Wildman–Crippen MR) is 129 cm³/mol. The number of hydrogen-bond donors (Lipinski definition) is 3. The highest BCUT2D eigenvalue weighted by Gasteiger charge is 2.20. The van der Waals surface area contributed by atoms with E-state index in [0.29, 0.717) is 23.7 Å². The van der Waals surface area contributed by atoms with E-state index in [4.69, 9.17) is 20.0 Å². The van der Waals surface area contributed by atoms with Crippen molar-refractivity contribution in [3.05, 3.63) is 83.4 Å². The molecule has 35 heavy (non-hydrogen) atoms. The topological polar surface area (TPSA) is 141 Å². The Morgan fingerprint density at radius 3 is 2.54 bits per heavy atom. The summed E-state index contributed by atoms with van der Waals surface area (Å²) in [4.78, 5) is 17.8. The molecule has 3 heterocycles. The molecule has 4 N–H and O–H groups in total. The number of pyridine rings is 1. The van der Waals surface area contributed by atoms with Crippen molar-refractivity contribution in [1.29, 1.82) is 0 Å². The fourth-order valence-electron chi connectivity index (χ4n) is 3.74. The predicted octanol–water partition coefficient (Wildman–Crippen LogP) is 3.31. The maximum absolute atomic E-state index is 11.0. The molecule has 4 rings (SSSR count). The van der Waals surface area contributed by atoms with Crippen molar-refractivity contribution in [2.45, 2.75) is 40.0 Å². The molecular formula is C24H29N5O5P+. The Bertz CT molecular complexity index is 1330. The maximum atomic E-state index is 11.0. The third-order valence-electron chi connectivity index (χ3n) is 5.36. The molecule has 0 amide bonds. The average molecular weight is 499 g/mol. The highest BCUT2D eigenvalue weighted by atomic mass is 31.2. The summed E-state index contributed by atoms with van der Waals surface area (Å²) in [5.74, 6) is 1.25. The van der Waals surface area contributed by atoms with Crippen molar-refractivity contribution in [3.8, 4) is 11.3 Å². The minimum absolute atomic E-state index is 0.240. The van der Waals surface area contributed by atoms with Crippen LogP contribution in [0.25, 0.3) is 11.3 Å². The van der Waals surface area contributed by atoms with Gasteiger partial charge in [0, 0.05) is 31.6 Å². The van der Waals surface area contributed by atoms with Gasteiger partial charge in [-0.25, -0.2) is 13.7 Å². The van der Waals surface area contributed by atoms with Crippen LogP contribution < -0.4 is 10.3 Å². The van der Waals surface area contributed by atoms with E-state index in [1.54, 1.807) is 24.4 Å². The van der Waals surface area contributed by atoms with Crippen molar-refractivity contribution < 1.29 is 28.0 Å². The fraction of sp³-hybridized carbons (Fsp3) is 0.292. The number of phosphoric ester groups is 1. The molecule has 4 aromatic rings. The molecular weight excluding hydrogens is 469 g/mol. The van der Waals surface area contributed by atoms with E-state index in [1.165, 1.54) is 15.7 Å². The largest absolute Gasteiger partial charge is 0.472 e. The molecule has 0 saturated carbocycles. The standard InChI is InChI=1S/C24H28N5O5P/c1-17(2)14-29-15-20(13-26-29)10-18-5-7-19(8-6-18)11-21-12-23(34-27-21)22-4-3-9-28(24(22)25)16-33-35(30,31)32/h3-9,12-13,15,17,25H,10-11,14,16H2,1-2H3,(H2,30,31,32)/p+1. The number of nitrogen functional groups attached to an aromatic ring is 1. The monoisotopic (exact) mass is 498 g/mol. The van der Waals surface area contributed by atoms with E-state index in [1.807, 2.05) is 10.9 Å². The summed E-state index contributed by atoms with van der Waals surface area (Å²) >= 11 is 0. The molecule has 10 nitrogen and oxygen atoms in total. The van der Waals surface area contributed by atoms with E-state index in [2.05, 4.69) is 59.1 Å². The molecule has 0 bridgehead atoms. The van der Waals surface area contributed by atoms with Crippen LogP contribution >= 0.6 is 7.82 Å². The fourth-order valence-corrected chi connectivity index (χ4v) is 4.01. The number of hydrogen-bond acceptors (Lipinski definition) is 6. The first-order valence-corrected chi connectivity index (χ1v) is 12.7. The lowest BCUT2D eigenvalue weighted by molar-refractivity contribution is -0.711. The van der Waals surface area contributed by atoms with Crippen LogP contribution in [0.3, 0.4) is 0 Å². The van der Waals surface area contributed by atoms with Crippen LogP contribution in [0.2, 0.25) is 0 Å². The lowest BCUT2D eigenvalue weighted by atomic mass is 10.0. The third-order valence-corrected chi connectivity index (χ3v) is 5.81. The smallest absolute Gasteiger partial charge is 0.356 e. The zero-order valence-corrected chi connectivity index (χ0v) is 20.5. The normalized spacial score (nSPS) is 11.9. The minimum atomic E-state index is -4.62. The number of nitrogens with two attached hydrogens (primary N) is 1. The SMILES string of the molecule is CC(C)Cn1cc(Cc2ccc(Cc3cc(-c4ccc[n+](COP(=O)(O)O)c4N)on3)cc2)cn1. The molecule has 0 fully saturated rings.